The van der Waals surface area contributed by atoms with Crippen LogP contribution in [0.3, 0.4) is 0 Å². The van der Waals surface area contributed by atoms with Gasteiger partial charge < -0.3 is 14.2 Å². The summed E-state index contributed by atoms with van der Waals surface area (Å²) < 4.78 is 24.1. The molecule has 1 aromatic carbocycles. The highest BCUT2D eigenvalue weighted by atomic mass is 32.1. The van der Waals surface area contributed by atoms with E-state index in [2.05, 4.69) is 10.1 Å². The van der Waals surface area contributed by atoms with Gasteiger partial charge in [0.15, 0.2) is 6.10 Å². The third-order valence-electron chi connectivity index (χ3n) is 3.97. The smallest absolute Gasteiger partial charge is 0.264 e. The van der Waals surface area contributed by atoms with Crippen LogP contribution in [0.15, 0.2) is 46.3 Å². The van der Waals surface area contributed by atoms with Crippen LogP contribution >= 0.6 is 11.3 Å². The second kappa shape index (κ2) is 8.77. The van der Waals surface area contributed by atoms with Crippen LogP contribution in [0.2, 0.25) is 0 Å². The zero-order chi connectivity index (χ0) is 19.2. The molecule has 0 N–H and O–H groups in total. The number of hydrogen-bond donors (Lipinski definition) is 0. The van der Waals surface area contributed by atoms with Crippen molar-refractivity contribution in [3.63, 3.8) is 0 Å². The van der Waals surface area contributed by atoms with E-state index in [-0.39, 0.29) is 18.3 Å². The van der Waals surface area contributed by atoms with Gasteiger partial charge in [0, 0.05) is 6.54 Å². The molecule has 27 heavy (non-hydrogen) atoms. The van der Waals surface area contributed by atoms with Gasteiger partial charge in [0.1, 0.15) is 18.1 Å². The van der Waals surface area contributed by atoms with Gasteiger partial charge in [-0.25, -0.2) is 4.39 Å². The summed E-state index contributed by atoms with van der Waals surface area (Å²) >= 11 is 1.52. The predicted octanol–water partition coefficient (Wildman–Crippen LogP) is 4.14. The Morgan fingerprint density at radius 2 is 2.07 bits per heavy atom. The molecular formula is C19H20FN3O3S. The molecule has 0 aliphatic carbocycles. The second-order valence-corrected chi connectivity index (χ2v) is 6.76. The van der Waals surface area contributed by atoms with Crippen molar-refractivity contribution in [1.82, 2.24) is 15.0 Å². The van der Waals surface area contributed by atoms with Gasteiger partial charge in [-0.15, -0.1) is 11.3 Å². The highest BCUT2D eigenvalue weighted by Crippen LogP contribution is 2.22. The molecular weight excluding hydrogens is 369 g/mol. The molecule has 142 valence electrons. The minimum atomic E-state index is -0.671. The number of carbonyl (C=O) groups is 1. The van der Waals surface area contributed by atoms with Gasteiger partial charge in [-0.1, -0.05) is 18.1 Å². The Bertz CT molecular complexity index is 865. The largest absolute Gasteiger partial charge is 0.481 e. The van der Waals surface area contributed by atoms with Crippen molar-refractivity contribution in [2.75, 3.05) is 6.54 Å². The van der Waals surface area contributed by atoms with Crippen molar-refractivity contribution < 1.29 is 18.4 Å². The molecule has 2 aromatic heterocycles. The summed E-state index contributed by atoms with van der Waals surface area (Å²) in [5, 5.41) is 5.90. The molecule has 1 amide bonds. The van der Waals surface area contributed by atoms with Crippen LogP contribution in [0, 0.1) is 5.82 Å². The van der Waals surface area contributed by atoms with Gasteiger partial charge in [0.2, 0.25) is 11.7 Å². The first-order valence-electron chi connectivity index (χ1n) is 8.68. The Kier molecular flexibility index (Phi) is 6.18. The molecule has 0 fully saturated rings. The highest BCUT2D eigenvalue weighted by Gasteiger charge is 2.25. The van der Waals surface area contributed by atoms with E-state index in [1.165, 1.54) is 35.6 Å². The second-order valence-electron chi connectivity index (χ2n) is 5.81. The number of ether oxygens (including phenoxy) is 1. The zero-order valence-corrected chi connectivity index (χ0v) is 15.9. The highest BCUT2D eigenvalue weighted by molar-refractivity contribution is 7.13. The summed E-state index contributed by atoms with van der Waals surface area (Å²) in [4.78, 5) is 19.7. The number of aromatic nitrogens is 2. The lowest BCUT2D eigenvalue weighted by molar-refractivity contribution is -0.139. The lowest BCUT2D eigenvalue weighted by Gasteiger charge is -2.25. The monoisotopic (exact) mass is 389 g/mol. The number of nitrogens with zero attached hydrogens (tertiary/aromatic N) is 3. The Morgan fingerprint density at radius 1 is 1.30 bits per heavy atom. The maximum atomic E-state index is 13.0. The van der Waals surface area contributed by atoms with Crippen LogP contribution in [0.1, 0.15) is 26.2 Å². The SMILES string of the molecule is CC[C@@H](Oc1ccc(F)cc1)C(=O)N(CC)Cc1nc(-c2cccs2)no1. The Hall–Kier alpha value is -2.74. The lowest BCUT2D eigenvalue weighted by Crippen LogP contribution is -2.41. The third kappa shape index (κ3) is 4.71. The van der Waals surface area contributed by atoms with E-state index in [9.17, 15) is 9.18 Å². The van der Waals surface area contributed by atoms with Crippen LogP contribution in [-0.4, -0.2) is 33.6 Å². The van der Waals surface area contributed by atoms with Gasteiger partial charge in [-0.3, -0.25) is 4.79 Å². The number of benzene rings is 1. The summed E-state index contributed by atoms with van der Waals surface area (Å²) in [6.45, 7) is 4.41. The fourth-order valence-corrected chi connectivity index (χ4v) is 3.17. The molecule has 0 radical (unpaired) electrons. The van der Waals surface area contributed by atoms with Crippen LogP contribution in [0.4, 0.5) is 4.39 Å². The molecule has 2 heterocycles. The lowest BCUT2D eigenvalue weighted by atomic mass is 10.2. The van der Waals surface area contributed by atoms with Crippen LogP contribution in [-0.2, 0) is 11.3 Å². The maximum Gasteiger partial charge on any atom is 0.264 e. The Morgan fingerprint density at radius 3 is 2.70 bits per heavy atom. The standard InChI is InChI=1S/C19H20FN3O3S/c1-3-15(25-14-9-7-13(20)8-10-14)19(24)23(4-2)12-17-21-18(22-26-17)16-6-5-11-27-16/h5-11,15H,3-4,12H2,1-2H3/t15-/m1/s1. The van der Waals surface area contributed by atoms with Crippen molar-refractivity contribution >= 4 is 17.2 Å². The van der Waals surface area contributed by atoms with E-state index in [0.717, 1.165) is 4.88 Å². The molecule has 6 nitrogen and oxygen atoms in total. The molecule has 1 atom stereocenters. The summed E-state index contributed by atoms with van der Waals surface area (Å²) in [6.07, 6.45) is -0.188. The van der Waals surface area contributed by atoms with E-state index in [1.807, 2.05) is 31.4 Å². The van der Waals surface area contributed by atoms with Gasteiger partial charge >= 0.3 is 0 Å². The number of rotatable bonds is 8. The summed E-state index contributed by atoms with van der Waals surface area (Å²) in [5.74, 6) is 0.795. The minimum Gasteiger partial charge on any atom is -0.481 e. The fourth-order valence-electron chi connectivity index (χ4n) is 2.52. The number of hydrogen-bond acceptors (Lipinski definition) is 6. The van der Waals surface area contributed by atoms with E-state index in [0.29, 0.717) is 30.4 Å². The number of amides is 1. The molecule has 0 saturated heterocycles. The first kappa shape index (κ1) is 19.0. The van der Waals surface area contributed by atoms with E-state index in [1.54, 1.807) is 4.90 Å². The number of likely N-dealkylation sites (N-methyl/N-ethyl adjacent to an activating group) is 1. The summed E-state index contributed by atoms with van der Waals surface area (Å²) in [7, 11) is 0. The maximum absolute atomic E-state index is 13.0. The molecule has 0 bridgehead atoms. The molecule has 0 saturated carbocycles. The average Bonchev–Trinajstić information content (AvgIpc) is 3.36. The molecule has 0 aliphatic rings. The molecule has 0 aliphatic heterocycles. The molecule has 3 aromatic rings. The van der Waals surface area contributed by atoms with Crippen LogP contribution in [0.5, 0.6) is 5.75 Å². The van der Waals surface area contributed by atoms with E-state index >= 15 is 0 Å². The normalized spacial score (nSPS) is 12.0. The van der Waals surface area contributed by atoms with Crippen molar-refractivity contribution in [1.29, 1.82) is 0 Å². The molecule has 0 spiro atoms. The van der Waals surface area contributed by atoms with Gasteiger partial charge in [0.05, 0.1) is 4.88 Å². The zero-order valence-electron chi connectivity index (χ0n) is 15.1. The molecule has 0 unspecified atom stereocenters. The van der Waals surface area contributed by atoms with Crippen molar-refractivity contribution in [2.24, 2.45) is 0 Å². The van der Waals surface area contributed by atoms with Crippen LogP contribution < -0.4 is 4.74 Å². The minimum absolute atomic E-state index is 0.180. The van der Waals surface area contributed by atoms with Gasteiger partial charge in [-0.2, -0.15) is 4.98 Å². The van der Waals surface area contributed by atoms with E-state index < -0.39 is 6.10 Å². The van der Waals surface area contributed by atoms with Gasteiger partial charge in [0.25, 0.3) is 5.91 Å². The summed E-state index contributed by atoms with van der Waals surface area (Å²) in [5.41, 5.74) is 0. The third-order valence-corrected chi connectivity index (χ3v) is 4.83. The molecule has 3 rings (SSSR count). The first-order valence-corrected chi connectivity index (χ1v) is 9.56. The number of halogens is 1. The first-order chi connectivity index (χ1) is 13.1. The average molecular weight is 389 g/mol. The van der Waals surface area contributed by atoms with E-state index in [4.69, 9.17) is 9.26 Å². The van der Waals surface area contributed by atoms with Gasteiger partial charge in [-0.05, 0) is 49.1 Å². The van der Waals surface area contributed by atoms with Crippen molar-refractivity contribution in [3.8, 4) is 16.5 Å². The Balaban J connectivity index is 1.67. The topological polar surface area (TPSA) is 68.5 Å². The predicted molar refractivity (Wildman–Crippen MR) is 99.8 cm³/mol. The summed E-state index contributed by atoms with van der Waals surface area (Å²) in [6, 6.07) is 9.44. The quantitative estimate of drug-likeness (QED) is 0.579. The van der Waals surface area contributed by atoms with Crippen LogP contribution in [0.25, 0.3) is 10.7 Å². The van der Waals surface area contributed by atoms with Crippen molar-refractivity contribution in [2.45, 2.75) is 32.9 Å². The van der Waals surface area contributed by atoms with Crippen molar-refractivity contribution in [3.05, 3.63) is 53.5 Å². The number of thiophene rings is 1. The number of carbonyl (C=O) groups excluding carboxylic acids is 1. The molecule has 8 heteroatoms. The Labute approximate surface area is 160 Å². The fraction of sp³-hybridized carbons (Fsp3) is 0.316.